The molecule has 0 saturated carbocycles. The number of nitrogens with zero attached hydrogens (tertiary/aromatic N) is 1. The molecule has 0 unspecified atom stereocenters. The van der Waals surface area contributed by atoms with E-state index in [9.17, 15) is 9.18 Å². The predicted molar refractivity (Wildman–Crippen MR) is 116 cm³/mol. The maximum absolute atomic E-state index is 14.6. The van der Waals surface area contributed by atoms with E-state index < -0.39 is 5.54 Å². The van der Waals surface area contributed by atoms with E-state index in [-0.39, 0.29) is 11.7 Å². The van der Waals surface area contributed by atoms with Crippen LogP contribution in [0.15, 0.2) is 36.4 Å². The van der Waals surface area contributed by atoms with Crippen molar-refractivity contribution in [3.8, 4) is 5.75 Å². The van der Waals surface area contributed by atoms with Gasteiger partial charge in [0.1, 0.15) is 11.6 Å². The van der Waals surface area contributed by atoms with Crippen LogP contribution in [-0.4, -0.2) is 31.0 Å². The minimum atomic E-state index is -0.645. The molecule has 1 fully saturated rings. The number of piperidine rings is 1. The lowest BCUT2D eigenvalue weighted by molar-refractivity contribution is -0.121. The summed E-state index contributed by atoms with van der Waals surface area (Å²) in [4.78, 5) is 14.3. The summed E-state index contributed by atoms with van der Waals surface area (Å²) < 4.78 is 20.3. The van der Waals surface area contributed by atoms with Gasteiger partial charge in [-0.2, -0.15) is 0 Å². The number of carbonyl (C=O) groups is 1. The Labute approximate surface area is 178 Å². The summed E-state index contributed by atoms with van der Waals surface area (Å²) in [7, 11) is 1.74. The van der Waals surface area contributed by atoms with Crippen LogP contribution in [0.2, 0.25) is 0 Å². The molecule has 0 spiro atoms. The van der Waals surface area contributed by atoms with Gasteiger partial charge in [0.15, 0.2) is 0 Å². The van der Waals surface area contributed by atoms with Crippen LogP contribution in [0.5, 0.6) is 5.75 Å². The van der Waals surface area contributed by atoms with Crippen LogP contribution in [0.1, 0.15) is 54.9 Å². The van der Waals surface area contributed by atoms with E-state index in [1.807, 2.05) is 6.07 Å². The second-order valence-corrected chi connectivity index (χ2v) is 8.66. The van der Waals surface area contributed by atoms with Crippen molar-refractivity contribution in [1.82, 2.24) is 10.2 Å². The Hall–Kier alpha value is -2.40. The van der Waals surface area contributed by atoms with Crippen LogP contribution in [0.25, 0.3) is 0 Å². The summed E-state index contributed by atoms with van der Waals surface area (Å²) in [5, 5.41) is 3.07. The van der Waals surface area contributed by atoms with Crippen LogP contribution in [0.3, 0.4) is 0 Å². The lowest BCUT2D eigenvalue weighted by atomic mass is 9.80. The van der Waals surface area contributed by atoms with Crippen molar-refractivity contribution in [2.24, 2.45) is 0 Å². The highest BCUT2D eigenvalue weighted by Crippen LogP contribution is 2.36. The van der Waals surface area contributed by atoms with Crippen LogP contribution in [0.4, 0.5) is 4.39 Å². The van der Waals surface area contributed by atoms with Crippen molar-refractivity contribution in [2.75, 3.05) is 20.2 Å². The highest BCUT2D eigenvalue weighted by molar-refractivity contribution is 5.74. The van der Waals surface area contributed by atoms with Gasteiger partial charge < -0.3 is 10.1 Å². The van der Waals surface area contributed by atoms with Gasteiger partial charge in [-0.3, -0.25) is 9.69 Å². The van der Waals surface area contributed by atoms with Gasteiger partial charge in [0.05, 0.1) is 12.6 Å². The highest BCUT2D eigenvalue weighted by Gasteiger charge is 2.38. The lowest BCUT2D eigenvalue weighted by Crippen LogP contribution is -2.52. The van der Waals surface area contributed by atoms with E-state index in [0.29, 0.717) is 18.4 Å². The van der Waals surface area contributed by atoms with Crippen LogP contribution in [0, 0.1) is 5.82 Å². The number of hydrogen-bond donors (Lipinski definition) is 1. The summed E-state index contributed by atoms with van der Waals surface area (Å²) in [6.45, 7) is 3.89. The molecule has 2 aliphatic rings. The summed E-state index contributed by atoms with van der Waals surface area (Å²) in [5.41, 5.74) is 4.04. The number of carbonyl (C=O) groups excluding carboxylic acids is 1. The van der Waals surface area contributed by atoms with E-state index >= 15 is 0 Å². The van der Waals surface area contributed by atoms with Crippen LogP contribution >= 0.6 is 0 Å². The molecule has 4 rings (SSSR count). The molecule has 30 heavy (non-hydrogen) atoms. The minimum Gasteiger partial charge on any atom is -0.496 e. The number of aryl methyl sites for hydroxylation is 2. The molecule has 1 heterocycles. The Morgan fingerprint density at radius 2 is 1.80 bits per heavy atom. The highest BCUT2D eigenvalue weighted by atomic mass is 19.1. The molecule has 1 amide bonds. The molecule has 4 nitrogen and oxygen atoms in total. The number of fused-ring (bicyclic) bond motifs is 1. The van der Waals surface area contributed by atoms with Crippen LogP contribution < -0.4 is 10.1 Å². The second kappa shape index (κ2) is 8.76. The Bertz CT molecular complexity index is 919. The molecule has 0 radical (unpaired) electrons. The van der Waals surface area contributed by atoms with Crippen molar-refractivity contribution in [1.29, 1.82) is 0 Å². The topological polar surface area (TPSA) is 41.6 Å². The molecule has 0 aromatic heterocycles. The van der Waals surface area contributed by atoms with Crippen molar-refractivity contribution >= 4 is 5.91 Å². The van der Waals surface area contributed by atoms with E-state index in [1.54, 1.807) is 19.2 Å². The first-order chi connectivity index (χ1) is 14.5. The molecule has 1 aliphatic carbocycles. The molecular formula is C25H31FN2O2. The zero-order chi connectivity index (χ0) is 21.1. The lowest BCUT2D eigenvalue weighted by Gasteiger charge is -2.43. The number of rotatable bonds is 5. The zero-order valence-electron chi connectivity index (χ0n) is 18.0. The Balaban J connectivity index is 1.52. The van der Waals surface area contributed by atoms with Crippen molar-refractivity contribution in [2.45, 2.75) is 57.5 Å². The monoisotopic (exact) mass is 410 g/mol. The maximum atomic E-state index is 14.6. The van der Waals surface area contributed by atoms with Gasteiger partial charge in [-0.05, 0) is 61.8 Å². The second-order valence-electron chi connectivity index (χ2n) is 8.66. The largest absolute Gasteiger partial charge is 0.496 e. The predicted octanol–water partition coefficient (Wildman–Crippen LogP) is 4.34. The Morgan fingerprint density at radius 3 is 2.43 bits per heavy atom. The standard InChI is InChI=1S/C25H31FN2O2/c1-18(29)27-25(22-9-5-6-10-23(22)26)11-13-28(14-12-25)17-21-15-19-7-3-4-8-20(19)16-24(21)30-2/h5-6,9-10,15-16H,3-4,7-8,11-14,17H2,1-2H3,(H,27,29). The van der Waals surface area contributed by atoms with E-state index in [2.05, 4.69) is 22.3 Å². The molecule has 5 heteroatoms. The zero-order valence-corrected chi connectivity index (χ0v) is 18.0. The van der Waals surface area contributed by atoms with Gasteiger partial charge in [-0.15, -0.1) is 0 Å². The number of ether oxygens (including phenoxy) is 1. The average Bonchev–Trinajstić information content (AvgIpc) is 2.74. The molecule has 1 aliphatic heterocycles. The fourth-order valence-electron chi connectivity index (χ4n) is 5.11. The molecule has 0 bridgehead atoms. The van der Waals surface area contributed by atoms with E-state index in [4.69, 9.17) is 4.74 Å². The fourth-order valence-corrected chi connectivity index (χ4v) is 5.11. The normalized spacial score (nSPS) is 18.5. The number of hydrogen-bond acceptors (Lipinski definition) is 3. The summed E-state index contributed by atoms with van der Waals surface area (Å²) in [6, 6.07) is 11.3. The first-order valence-corrected chi connectivity index (χ1v) is 11.0. The molecule has 2 aromatic rings. The Kier molecular flexibility index (Phi) is 6.09. The quantitative estimate of drug-likeness (QED) is 0.797. The smallest absolute Gasteiger partial charge is 0.217 e. The van der Waals surface area contributed by atoms with Crippen molar-refractivity contribution in [3.05, 3.63) is 64.5 Å². The van der Waals surface area contributed by atoms with Crippen molar-refractivity contribution < 1.29 is 13.9 Å². The minimum absolute atomic E-state index is 0.122. The average molecular weight is 411 g/mol. The number of amides is 1. The molecule has 1 saturated heterocycles. The number of likely N-dealkylation sites (tertiary alicyclic amines) is 1. The Morgan fingerprint density at radius 1 is 1.13 bits per heavy atom. The van der Waals surface area contributed by atoms with Gasteiger partial charge in [-0.25, -0.2) is 4.39 Å². The van der Waals surface area contributed by atoms with Gasteiger partial charge in [0.2, 0.25) is 5.91 Å². The van der Waals surface area contributed by atoms with Gasteiger partial charge in [-0.1, -0.05) is 24.3 Å². The third-order valence-electron chi connectivity index (χ3n) is 6.65. The third-order valence-corrected chi connectivity index (χ3v) is 6.65. The molecule has 2 aromatic carbocycles. The number of halogens is 1. The van der Waals surface area contributed by atoms with Gasteiger partial charge in [0.25, 0.3) is 0 Å². The number of nitrogens with one attached hydrogen (secondary N) is 1. The first kappa shape index (κ1) is 20.9. The van der Waals surface area contributed by atoms with Crippen molar-refractivity contribution in [3.63, 3.8) is 0 Å². The maximum Gasteiger partial charge on any atom is 0.217 e. The molecule has 160 valence electrons. The third kappa shape index (κ3) is 4.22. The first-order valence-electron chi connectivity index (χ1n) is 11.0. The molecule has 0 atom stereocenters. The van der Waals surface area contributed by atoms with Crippen LogP contribution in [-0.2, 0) is 29.7 Å². The van der Waals surface area contributed by atoms with Gasteiger partial charge in [0, 0.05) is 37.7 Å². The van der Waals surface area contributed by atoms with Gasteiger partial charge >= 0.3 is 0 Å². The summed E-state index contributed by atoms with van der Waals surface area (Å²) in [6.07, 6.45) is 6.15. The number of methoxy groups -OCH3 is 1. The summed E-state index contributed by atoms with van der Waals surface area (Å²) in [5.74, 6) is 0.586. The number of benzene rings is 2. The molecular weight excluding hydrogens is 379 g/mol. The SMILES string of the molecule is COc1cc2c(cc1CN1CCC(NC(C)=O)(c3ccccc3F)CC1)CCCC2. The fraction of sp³-hybridized carbons (Fsp3) is 0.480. The summed E-state index contributed by atoms with van der Waals surface area (Å²) >= 11 is 0. The van der Waals surface area contributed by atoms with E-state index in [1.165, 1.54) is 42.5 Å². The molecule has 1 N–H and O–H groups in total. The van der Waals surface area contributed by atoms with E-state index in [0.717, 1.165) is 38.2 Å².